The molecule has 2 aromatic rings. The van der Waals surface area contributed by atoms with E-state index in [0.717, 1.165) is 0 Å². The largest absolute Gasteiger partial charge is 0.507 e. The van der Waals surface area contributed by atoms with E-state index in [-0.39, 0.29) is 24.2 Å². The van der Waals surface area contributed by atoms with E-state index in [1.54, 1.807) is 51.5 Å². The van der Waals surface area contributed by atoms with E-state index in [9.17, 15) is 34.2 Å². The van der Waals surface area contributed by atoms with E-state index >= 15 is 0 Å². The summed E-state index contributed by atoms with van der Waals surface area (Å²) in [4.78, 5) is 67.7. The van der Waals surface area contributed by atoms with Crippen LogP contribution in [0.1, 0.15) is 33.5 Å². The minimum absolute atomic E-state index is 0.0229. The molecule has 206 valence electrons. The number of methoxy groups -OCH3 is 1. The molecule has 0 saturated heterocycles. The number of likely N-dealkylation sites (N-methyl/N-ethyl adjacent to an activating group) is 1. The van der Waals surface area contributed by atoms with E-state index in [2.05, 4.69) is 11.8 Å². The molecule has 2 fully saturated rings. The van der Waals surface area contributed by atoms with Gasteiger partial charge >= 0.3 is 0 Å². The highest BCUT2D eigenvalue weighted by atomic mass is 16.5. The highest BCUT2D eigenvalue weighted by molar-refractivity contribution is 6.32. The second-order valence-electron chi connectivity index (χ2n) is 10.8. The number of hydrogen-bond donors (Lipinski definition) is 3. The number of aromatic hydroxyl groups is 1. The van der Waals surface area contributed by atoms with Gasteiger partial charge in [0.1, 0.15) is 11.5 Å². The third-order valence-corrected chi connectivity index (χ3v) is 8.38. The molecular weight excluding hydrogens is 516 g/mol. The average molecular weight is 545 g/mol. The average Bonchev–Trinajstić information content (AvgIpc) is 2.90. The SMILES string of the molecule is COc1ccc(C#Cc2ccc(O)c3c2C[C@H]2C[C@H]4[C@H](N(C)C)C(=O)C(C(N)=O)C(=O)[C@@]4(O)C(=O)C2C3=O)cc1. The molecule has 2 saturated carbocycles. The molecule has 0 aliphatic heterocycles. The van der Waals surface area contributed by atoms with E-state index in [1.165, 1.54) is 11.0 Å². The lowest BCUT2D eigenvalue weighted by molar-refractivity contribution is -0.181. The maximum absolute atomic E-state index is 13.9. The number of rotatable bonds is 3. The molecule has 0 spiro atoms. The van der Waals surface area contributed by atoms with Crippen LogP contribution in [0.15, 0.2) is 36.4 Å². The van der Waals surface area contributed by atoms with E-state index < -0.39 is 64.4 Å². The first kappa shape index (κ1) is 27.2. The first-order valence-electron chi connectivity index (χ1n) is 12.8. The summed E-state index contributed by atoms with van der Waals surface area (Å²) in [6.07, 6.45) is 0.123. The second kappa shape index (κ2) is 9.70. The van der Waals surface area contributed by atoms with Crippen molar-refractivity contribution < 1.29 is 38.9 Å². The van der Waals surface area contributed by atoms with Crippen LogP contribution in [-0.4, -0.2) is 77.0 Å². The van der Waals surface area contributed by atoms with Gasteiger partial charge in [-0.1, -0.05) is 11.8 Å². The van der Waals surface area contributed by atoms with Crippen LogP contribution in [0.3, 0.4) is 0 Å². The van der Waals surface area contributed by atoms with Crippen LogP contribution in [-0.2, 0) is 25.6 Å². The number of nitrogens with two attached hydrogens (primary N) is 1. The number of benzene rings is 2. The Hall–Kier alpha value is -4.33. The van der Waals surface area contributed by atoms with Crippen LogP contribution < -0.4 is 10.5 Å². The fourth-order valence-corrected chi connectivity index (χ4v) is 6.54. The summed E-state index contributed by atoms with van der Waals surface area (Å²) in [6, 6.07) is 8.82. The summed E-state index contributed by atoms with van der Waals surface area (Å²) in [5.41, 5.74) is 4.13. The lowest BCUT2D eigenvalue weighted by Crippen LogP contribution is -2.74. The van der Waals surface area contributed by atoms with Crippen molar-refractivity contribution in [3.8, 4) is 23.3 Å². The predicted molar refractivity (Wildman–Crippen MR) is 140 cm³/mol. The highest BCUT2D eigenvalue weighted by Gasteiger charge is 2.69. The molecule has 0 aromatic heterocycles. The molecule has 1 amide bonds. The van der Waals surface area contributed by atoms with Gasteiger partial charge in [-0.25, -0.2) is 0 Å². The summed E-state index contributed by atoms with van der Waals surface area (Å²) >= 11 is 0. The van der Waals surface area contributed by atoms with Crippen molar-refractivity contribution in [3.63, 3.8) is 0 Å². The van der Waals surface area contributed by atoms with E-state index in [4.69, 9.17) is 10.5 Å². The number of amides is 1. The number of Topliss-reactive ketones (excluding diaryl/α,β-unsaturated/α-hetero) is 4. The number of ether oxygens (including phenoxy) is 1. The number of carbonyl (C=O) groups is 5. The number of fused-ring (bicyclic) bond motifs is 3. The molecule has 2 aromatic carbocycles. The molecule has 3 aliphatic rings. The molecular formula is C30H28N2O8. The molecule has 0 heterocycles. The fraction of sp³-hybridized carbons (Fsp3) is 0.367. The number of aliphatic hydroxyl groups is 1. The number of nitrogens with zero attached hydrogens (tertiary/aromatic N) is 1. The Morgan fingerprint density at radius 3 is 2.33 bits per heavy atom. The lowest BCUT2D eigenvalue weighted by atomic mass is 9.52. The van der Waals surface area contributed by atoms with Crippen molar-refractivity contribution in [2.24, 2.45) is 29.4 Å². The van der Waals surface area contributed by atoms with Gasteiger partial charge in [0.2, 0.25) is 5.91 Å². The van der Waals surface area contributed by atoms with Crippen LogP contribution in [0.4, 0.5) is 0 Å². The van der Waals surface area contributed by atoms with Gasteiger partial charge in [-0.15, -0.1) is 0 Å². The van der Waals surface area contributed by atoms with Crippen LogP contribution in [0, 0.1) is 35.5 Å². The molecule has 0 radical (unpaired) electrons. The number of hydrogen-bond acceptors (Lipinski definition) is 9. The third kappa shape index (κ3) is 3.93. The molecule has 6 atom stereocenters. The van der Waals surface area contributed by atoms with Crippen molar-refractivity contribution in [1.29, 1.82) is 0 Å². The molecule has 0 bridgehead atoms. The minimum Gasteiger partial charge on any atom is -0.507 e. The molecule has 5 rings (SSSR count). The quantitative estimate of drug-likeness (QED) is 0.364. The molecule has 3 aliphatic carbocycles. The molecule has 10 nitrogen and oxygen atoms in total. The number of phenols is 1. The Morgan fingerprint density at radius 1 is 1.05 bits per heavy atom. The molecule has 10 heteroatoms. The Labute approximate surface area is 230 Å². The number of carbonyl (C=O) groups excluding carboxylic acids is 5. The summed E-state index contributed by atoms with van der Waals surface area (Å²) in [5.74, 6) is -4.06. The van der Waals surface area contributed by atoms with E-state index in [0.29, 0.717) is 22.4 Å². The normalized spacial score (nSPS) is 29.2. The van der Waals surface area contributed by atoms with Gasteiger partial charge in [0.25, 0.3) is 0 Å². The smallest absolute Gasteiger partial charge is 0.235 e. The zero-order valence-electron chi connectivity index (χ0n) is 22.1. The molecule has 4 N–H and O–H groups in total. The zero-order chi connectivity index (χ0) is 29.1. The number of phenolic OH excluding ortho intramolecular Hbond substituents is 1. The Balaban J connectivity index is 1.59. The van der Waals surface area contributed by atoms with Gasteiger partial charge in [-0.2, -0.15) is 0 Å². The lowest BCUT2D eigenvalue weighted by Gasteiger charge is -2.52. The molecule has 2 unspecified atom stereocenters. The summed E-state index contributed by atoms with van der Waals surface area (Å²) < 4.78 is 5.16. The van der Waals surface area contributed by atoms with Crippen molar-refractivity contribution in [2.75, 3.05) is 21.2 Å². The highest BCUT2D eigenvalue weighted by Crippen LogP contribution is 2.50. The van der Waals surface area contributed by atoms with Crippen LogP contribution in [0.5, 0.6) is 11.5 Å². The first-order chi connectivity index (χ1) is 18.9. The van der Waals surface area contributed by atoms with Gasteiger partial charge < -0.3 is 20.7 Å². The van der Waals surface area contributed by atoms with Gasteiger partial charge in [0.15, 0.2) is 34.7 Å². The fourth-order valence-electron chi connectivity index (χ4n) is 6.54. The van der Waals surface area contributed by atoms with Crippen LogP contribution in [0.2, 0.25) is 0 Å². The third-order valence-electron chi connectivity index (χ3n) is 8.38. The van der Waals surface area contributed by atoms with Crippen molar-refractivity contribution in [1.82, 2.24) is 4.90 Å². The topological polar surface area (TPSA) is 164 Å². The zero-order valence-corrected chi connectivity index (χ0v) is 22.1. The number of primary amides is 1. The summed E-state index contributed by atoms with van der Waals surface area (Å²) in [7, 11) is 4.64. The van der Waals surface area contributed by atoms with Crippen LogP contribution in [0.25, 0.3) is 0 Å². The molecule has 40 heavy (non-hydrogen) atoms. The Morgan fingerprint density at radius 2 is 1.73 bits per heavy atom. The van der Waals surface area contributed by atoms with Crippen molar-refractivity contribution >= 4 is 29.0 Å². The van der Waals surface area contributed by atoms with Crippen molar-refractivity contribution in [3.05, 3.63) is 58.7 Å². The van der Waals surface area contributed by atoms with Gasteiger partial charge in [-0.05, 0) is 74.8 Å². The van der Waals surface area contributed by atoms with Gasteiger partial charge in [-0.3, -0.25) is 28.9 Å². The summed E-state index contributed by atoms with van der Waals surface area (Å²) in [6.45, 7) is 0. The maximum atomic E-state index is 13.9. The maximum Gasteiger partial charge on any atom is 0.235 e. The van der Waals surface area contributed by atoms with Crippen LogP contribution >= 0.6 is 0 Å². The van der Waals surface area contributed by atoms with Gasteiger partial charge in [0.05, 0.1) is 24.6 Å². The van der Waals surface area contributed by atoms with E-state index in [1.807, 2.05) is 0 Å². The Kier molecular flexibility index (Phi) is 6.60. The van der Waals surface area contributed by atoms with Crippen molar-refractivity contribution in [2.45, 2.75) is 24.5 Å². The predicted octanol–water partition coefficient (Wildman–Crippen LogP) is 0.275. The number of ketones is 4. The second-order valence-corrected chi connectivity index (χ2v) is 10.8. The summed E-state index contributed by atoms with van der Waals surface area (Å²) in [5, 5.41) is 22.3. The minimum atomic E-state index is -2.75. The standard InChI is InChI=1S/C30H28N2O8/c1-32(2)24-19-13-16-12-18-15(7-4-14-5-9-17(40-3)10-6-14)8-11-20(33)22(18)25(34)21(16)27(36)30(19,39)28(37)23(26(24)35)29(31)38/h5-6,8-11,16,19,21,23-24,33,39H,12-13H2,1-3H3,(H2,31,38)/t16-,19-,21?,23?,24-,30-/m0/s1. The van der Waals surface area contributed by atoms with Gasteiger partial charge in [0, 0.05) is 17.0 Å². The first-order valence-corrected chi connectivity index (χ1v) is 12.8. The Bertz CT molecular complexity index is 1530. The monoisotopic (exact) mass is 544 g/mol.